The molecule has 1 N–H and O–H groups in total. The van der Waals surface area contributed by atoms with Crippen molar-refractivity contribution in [3.05, 3.63) is 24.3 Å². The van der Waals surface area contributed by atoms with Gasteiger partial charge in [0.05, 0.1) is 19.1 Å². The van der Waals surface area contributed by atoms with Crippen molar-refractivity contribution in [1.82, 2.24) is 10.2 Å². The van der Waals surface area contributed by atoms with Gasteiger partial charge >= 0.3 is 0 Å². The number of aromatic nitrogens is 2. The Morgan fingerprint density at radius 1 is 1.33 bits per heavy atom. The van der Waals surface area contributed by atoms with E-state index in [2.05, 4.69) is 22.4 Å². The molecule has 11 heteroatoms. The van der Waals surface area contributed by atoms with Crippen LogP contribution in [0, 0.1) is 0 Å². The molecule has 0 saturated heterocycles. The molecule has 1 amide bonds. The van der Waals surface area contributed by atoms with Crippen LogP contribution in [0.4, 0.5) is 10.8 Å². The predicted octanol–water partition coefficient (Wildman–Crippen LogP) is 2.84. The Kier molecular flexibility index (Phi) is 7.45. The number of thioether (sulfide) groups is 1. The average molecular weight is 431 g/mol. The van der Waals surface area contributed by atoms with Gasteiger partial charge in [-0.1, -0.05) is 30.0 Å². The molecule has 27 heavy (non-hydrogen) atoms. The minimum Gasteiger partial charge on any atom is -0.497 e. The van der Waals surface area contributed by atoms with Gasteiger partial charge < -0.3 is 4.74 Å². The van der Waals surface area contributed by atoms with Crippen LogP contribution >= 0.6 is 23.1 Å². The van der Waals surface area contributed by atoms with Crippen molar-refractivity contribution in [3.8, 4) is 5.75 Å². The fourth-order valence-electron chi connectivity index (χ4n) is 2.26. The van der Waals surface area contributed by atoms with Crippen molar-refractivity contribution in [2.24, 2.45) is 0 Å². The lowest BCUT2D eigenvalue weighted by Crippen LogP contribution is -2.45. The van der Waals surface area contributed by atoms with Crippen LogP contribution in [0.3, 0.4) is 0 Å². The summed E-state index contributed by atoms with van der Waals surface area (Å²) in [4.78, 5) is 12.6. The summed E-state index contributed by atoms with van der Waals surface area (Å²) < 4.78 is 31.5. The molecule has 0 saturated carbocycles. The number of rotatable bonds is 9. The molecular weight excluding hydrogens is 408 g/mol. The van der Waals surface area contributed by atoms with Gasteiger partial charge in [0.2, 0.25) is 21.1 Å². The molecule has 0 spiro atoms. The number of methoxy groups -OCH3 is 1. The van der Waals surface area contributed by atoms with Gasteiger partial charge in [-0.2, -0.15) is 0 Å². The molecule has 0 aliphatic carbocycles. The minimum absolute atomic E-state index is 0.341. The zero-order valence-electron chi connectivity index (χ0n) is 15.5. The predicted molar refractivity (Wildman–Crippen MR) is 109 cm³/mol. The Labute approximate surface area is 167 Å². The Bertz CT molecular complexity index is 868. The van der Waals surface area contributed by atoms with E-state index in [9.17, 15) is 13.2 Å². The van der Waals surface area contributed by atoms with E-state index in [1.165, 1.54) is 25.4 Å². The molecule has 2 rings (SSSR count). The van der Waals surface area contributed by atoms with E-state index in [-0.39, 0.29) is 0 Å². The van der Waals surface area contributed by atoms with Crippen molar-refractivity contribution in [1.29, 1.82) is 0 Å². The van der Waals surface area contributed by atoms with Crippen LogP contribution < -0.4 is 14.4 Å². The fraction of sp³-hybridized carbons (Fsp3) is 0.438. The number of carbonyl (C=O) groups is 1. The van der Waals surface area contributed by atoms with E-state index in [0.717, 1.165) is 27.1 Å². The highest BCUT2D eigenvalue weighted by atomic mass is 32.2. The number of nitrogens with one attached hydrogen (secondary N) is 1. The number of benzene rings is 1. The number of hydrogen-bond donors (Lipinski definition) is 1. The molecular formula is C16H22N4O4S3. The molecule has 1 atom stereocenters. The summed E-state index contributed by atoms with van der Waals surface area (Å²) in [6.07, 6.45) is 2.07. The monoisotopic (exact) mass is 430 g/mol. The van der Waals surface area contributed by atoms with Gasteiger partial charge in [0.15, 0.2) is 4.34 Å². The highest BCUT2D eigenvalue weighted by Gasteiger charge is 2.29. The van der Waals surface area contributed by atoms with Crippen LogP contribution in [-0.4, -0.2) is 49.7 Å². The maximum Gasteiger partial charge on any atom is 0.249 e. The maximum absolute atomic E-state index is 12.6. The van der Waals surface area contributed by atoms with E-state index in [4.69, 9.17) is 4.74 Å². The summed E-state index contributed by atoms with van der Waals surface area (Å²) in [5, 5.41) is 10.9. The molecule has 0 aliphatic heterocycles. The molecule has 0 radical (unpaired) electrons. The second-order valence-corrected chi connectivity index (χ2v) is 9.82. The Balaban J connectivity index is 2.17. The van der Waals surface area contributed by atoms with Crippen molar-refractivity contribution in [3.63, 3.8) is 0 Å². The molecule has 1 aromatic heterocycles. The highest BCUT2D eigenvalue weighted by molar-refractivity contribution is 8.01. The third-order valence-electron chi connectivity index (χ3n) is 3.48. The topological polar surface area (TPSA) is 101 Å². The molecule has 0 aliphatic rings. The van der Waals surface area contributed by atoms with E-state index in [1.54, 1.807) is 36.0 Å². The van der Waals surface area contributed by atoms with Crippen LogP contribution in [0.1, 0.15) is 20.3 Å². The minimum atomic E-state index is -3.69. The highest BCUT2D eigenvalue weighted by Crippen LogP contribution is 2.27. The largest absolute Gasteiger partial charge is 0.497 e. The quantitative estimate of drug-likeness (QED) is 0.482. The Hall–Kier alpha value is -1.85. The van der Waals surface area contributed by atoms with E-state index in [0.29, 0.717) is 16.6 Å². The standard InChI is InChI=1S/C16H22N4O4S3/c1-5-10-25-16-19-18-15(26-16)17-14(21)11(2)20(27(4,22)23)12-6-8-13(24-3)9-7-12/h6-9,11H,5,10H2,1-4H3,(H,17,18,21)/t11-/m0/s1. The number of nitrogens with zero attached hydrogens (tertiary/aromatic N) is 3. The van der Waals surface area contributed by atoms with Gasteiger partial charge in [-0.15, -0.1) is 10.2 Å². The fourth-order valence-corrected chi connectivity index (χ4v) is 5.11. The van der Waals surface area contributed by atoms with Crippen LogP contribution in [0.25, 0.3) is 0 Å². The van der Waals surface area contributed by atoms with Crippen LogP contribution in [0.2, 0.25) is 0 Å². The van der Waals surface area contributed by atoms with Gasteiger partial charge in [0.1, 0.15) is 11.8 Å². The van der Waals surface area contributed by atoms with Crippen molar-refractivity contribution < 1.29 is 17.9 Å². The third kappa shape index (κ3) is 5.81. The third-order valence-corrected chi connectivity index (χ3v) is 6.90. The average Bonchev–Trinajstić information content (AvgIpc) is 3.06. The Morgan fingerprint density at radius 2 is 2.00 bits per heavy atom. The normalized spacial score (nSPS) is 12.4. The molecule has 0 fully saturated rings. The lowest BCUT2D eigenvalue weighted by Gasteiger charge is -2.27. The van der Waals surface area contributed by atoms with Crippen molar-refractivity contribution >= 4 is 49.8 Å². The zero-order valence-corrected chi connectivity index (χ0v) is 17.9. The van der Waals surface area contributed by atoms with E-state index >= 15 is 0 Å². The lowest BCUT2D eigenvalue weighted by atomic mass is 10.2. The summed E-state index contributed by atoms with van der Waals surface area (Å²) in [5.41, 5.74) is 0.373. The number of carbonyl (C=O) groups excluding carboxylic acids is 1. The number of ether oxygens (including phenoxy) is 1. The second-order valence-electron chi connectivity index (χ2n) is 5.64. The second kappa shape index (κ2) is 9.38. The summed E-state index contributed by atoms with van der Waals surface area (Å²) >= 11 is 2.83. The van der Waals surface area contributed by atoms with Crippen LogP contribution in [0.5, 0.6) is 5.75 Å². The SMILES string of the molecule is CCCSc1nnc(NC(=O)[C@H](C)N(c2ccc(OC)cc2)S(C)(=O)=O)s1. The van der Waals surface area contributed by atoms with Gasteiger partial charge in [-0.25, -0.2) is 8.42 Å². The summed E-state index contributed by atoms with van der Waals surface area (Å²) in [6, 6.07) is 5.49. The summed E-state index contributed by atoms with van der Waals surface area (Å²) in [6.45, 7) is 3.59. The molecule has 8 nitrogen and oxygen atoms in total. The van der Waals surface area contributed by atoms with Crippen LogP contribution in [0.15, 0.2) is 28.6 Å². The van der Waals surface area contributed by atoms with Crippen molar-refractivity contribution in [2.45, 2.75) is 30.6 Å². The van der Waals surface area contributed by atoms with E-state index in [1.807, 2.05) is 0 Å². The summed E-state index contributed by atoms with van der Waals surface area (Å²) in [5.74, 6) is 1.02. The number of sulfonamides is 1. The number of amides is 1. The molecule has 0 bridgehead atoms. The van der Waals surface area contributed by atoms with Gasteiger partial charge in [0, 0.05) is 5.75 Å². The molecule has 148 valence electrons. The van der Waals surface area contributed by atoms with Crippen LogP contribution in [-0.2, 0) is 14.8 Å². The first-order chi connectivity index (χ1) is 12.8. The van der Waals surface area contributed by atoms with Crippen molar-refractivity contribution in [2.75, 3.05) is 28.7 Å². The summed E-state index contributed by atoms with van der Waals surface area (Å²) in [7, 11) is -2.16. The van der Waals surface area contributed by atoms with E-state index < -0.39 is 22.0 Å². The number of anilines is 2. The lowest BCUT2D eigenvalue weighted by molar-refractivity contribution is -0.116. The molecule has 1 aromatic carbocycles. The first-order valence-corrected chi connectivity index (χ1v) is 11.8. The molecule has 0 unspecified atom stereocenters. The zero-order chi connectivity index (χ0) is 20.0. The first-order valence-electron chi connectivity index (χ1n) is 8.17. The van der Waals surface area contributed by atoms with Gasteiger partial charge in [-0.3, -0.25) is 14.4 Å². The van der Waals surface area contributed by atoms with Gasteiger partial charge in [0.25, 0.3) is 0 Å². The first kappa shape index (κ1) is 21.5. The molecule has 1 heterocycles. The van der Waals surface area contributed by atoms with Gasteiger partial charge in [-0.05, 0) is 37.6 Å². The maximum atomic E-state index is 12.6. The smallest absolute Gasteiger partial charge is 0.249 e. The molecule has 2 aromatic rings. The number of hydrogen-bond acceptors (Lipinski definition) is 8. The Morgan fingerprint density at radius 3 is 2.56 bits per heavy atom.